The summed E-state index contributed by atoms with van der Waals surface area (Å²) < 4.78 is 4.97. The minimum Gasteiger partial charge on any atom is -0.462 e. The van der Waals surface area contributed by atoms with Crippen LogP contribution in [-0.4, -0.2) is 23.5 Å². The van der Waals surface area contributed by atoms with Gasteiger partial charge in [0.2, 0.25) is 5.91 Å². The zero-order chi connectivity index (χ0) is 15.2. The molecule has 0 aromatic carbocycles. The molecule has 0 radical (unpaired) electrons. The van der Waals surface area contributed by atoms with Gasteiger partial charge >= 0.3 is 5.97 Å². The van der Waals surface area contributed by atoms with Gasteiger partial charge in [-0.2, -0.15) is 0 Å². The Morgan fingerprint density at radius 1 is 1.33 bits per heavy atom. The number of rotatable bonds is 5. The van der Waals surface area contributed by atoms with Gasteiger partial charge in [-0.25, -0.2) is 9.78 Å². The highest BCUT2D eigenvalue weighted by atomic mass is 32.1. The molecule has 1 aliphatic carbocycles. The first-order chi connectivity index (χ1) is 10.1. The molecule has 0 bridgehead atoms. The van der Waals surface area contributed by atoms with Crippen LogP contribution in [0, 0.1) is 12.8 Å². The fraction of sp³-hybridized carbons (Fsp3) is 0.667. The number of hydrogen-bond acceptors (Lipinski definition) is 5. The maximum Gasteiger partial charge on any atom is 0.350 e. The SMILES string of the molecule is CCOC(=O)c1sc(NC(=O)CC2CCCCC2)nc1C. The standard InChI is InChI=1S/C15H22N2O3S/c1-3-20-14(19)13-10(2)16-15(21-13)17-12(18)9-11-7-5-4-6-8-11/h11H,3-9H2,1-2H3,(H,16,17,18). The number of nitrogens with one attached hydrogen (secondary N) is 1. The number of anilines is 1. The Morgan fingerprint density at radius 3 is 2.71 bits per heavy atom. The van der Waals surface area contributed by atoms with Crippen molar-refractivity contribution in [1.29, 1.82) is 0 Å². The third-order valence-electron chi connectivity index (χ3n) is 3.70. The van der Waals surface area contributed by atoms with E-state index in [0.717, 1.165) is 12.8 Å². The van der Waals surface area contributed by atoms with E-state index in [9.17, 15) is 9.59 Å². The molecular formula is C15H22N2O3S. The van der Waals surface area contributed by atoms with Crippen LogP contribution < -0.4 is 5.32 Å². The second-order valence-electron chi connectivity index (χ2n) is 5.41. The Kier molecular flexibility index (Phi) is 5.73. The molecule has 0 unspecified atom stereocenters. The molecule has 0 spiro atoms. The van der Waals surface area contributed by atoms with Crippen molar-refractivity contribution in [2.75, 3.05) is 11.9 Å². The molecule has 1 saturated carbocycles. The molecule has 0 aliphatic heterocycles. The molecule has 2 rings (SSSR count). The second-order valence-corrected chi connectivity index (χ2v) is 6.41. The number of nitrogens with zero attached hydrogens (tertiary/aromatic N) is 1. The van der Waals surface area contributed by atoms with Gasteiger partial charge in [-0.1, -0.05) is 30.6 Å². The normalized spacial score (nSPS) is 15.7. The summed E-state index contributed by atoms with van der Waals surface area (Å²) in [7, 11) is 0. The van der Waals surface area contributed by atoms with Gasteiger partial charge in [0.15, 0.2) is 5.13 Å². The highest BCUT2D eigenvalue weighted by Gasteiger charge is 2.20. The van der Waals surface area contributed by atoms with Gasteiger partial charge in [0.25, 0.3) is 0 Å². The third-order valence-corrected chi connectivity index (χ3v) is 4.76. The summed E-state index contributed by atoms with van der Waals surface area (Å²) in [4.78, 5) is 28.4. The van der Waals surface area contributed by atoms with Crippen LogP contribution in [0.1, 0.15) is 60.8 Å². The Bertz CT molecular complexity index is 507. The van der Waals surface area contributed by atoms with Crippen molar-refractivity contribution < 1.29 is 14.3 Å². The summed E-state index contributed by atoms with van der Waals surface area (Å²) in [5, 5.41) is 3.29. The average Bonchev–Trinajstić information content (AvgIpc) is 2.80. The molecule has 116 valence electrons. The lowest BCUT2D eigenvalue weighted by Crippen LogP contribution is -2.18. The molecule has 5 nitrogen and oxygen atoms in total. The molecule has 1 aromatic heterocycles. The number of ether oxygens (including phenoxy) is 1. The van der Waals surface area contributed by atoms with E-state index < -0.39 is 0 Å². The molecule has 1 N–H and O–H groups in total. The first-order valence-corrected chi connectivity index (χ1v) is 8.36. The molecule has 1 fully saturated rings. The Morgan fingerprint density at radius 2 is 2.05 bits per heavy atom. The van der Waals surface area contributed by atoms with Crippen molar-refractivity contribution in [2.24, 2.45) is 5.92 Å². The fourth-order valence-electron chi connectivity index (χ4n) is 2.66. The van der Waals surface area contributed by atoms with E-state index in [4.69, 9.17) is 4.74 Å². The topological polar surface area (TPSA) is 68.3 Å². The first kappa shape index (κ1) is 15.9. The van der Waals surface area contributed by atoms with Crippen LogP contribution in [-0.2, 0) is 9.53 Å². The number of hydrogen-bond donors (Lipinski definition) is 1. The number of carbonyl (C=O) groups excluding carboxylic acids is 2. The highest BCUT2D eigenvalue weighted by Crippen LogP contribution is 2.28. The smallest absolute Gasteiger partial charge is 0.350 e. The van der Waals surface area contributed by atoms with Gasteiger partial charge in [-0.3, -0.25) is 4.79 Å². The van der Waals surface area contributed by atoms with E-state index in [2.05, 4.69) is 10.3 Å². The van der Waals surface area contributed by atoms with Crippen LogP contribution in [0.15, 0.2) is 0 Å². The summed E-state index contributed by atoms with van der Waals surface area (Å²) in [6, 6.07) is 0. The van der Waals surface area contributed by atoms with Crippen LogP contribution >= 0.6 is 11.3 Å². The maximum absolute atomic E-state index is 12.0. The van der Waals surface area contributed by atoms with Crippen molar-refractivity contribution in [3.63, 3.8) is 0 Å². The Hall–Kier alpha value is -1.43. The minimum atomic E-state index is -0.375. The van der Waals surface area contributed by atoms with Crippen LogP contribution in [0.4, 0.5) is 5.13 Å². The first-order valence-electron chi connectivity index (χ1n) is 7.54. The predicted octanol–water partition coefficient (Wildman–Crippen LogP) is 3.54. The maximum atomic E-state index is 12.0. The fourth-order valence-corrected chi connectivity index (χ4v) is 3.54. The van der Waals surface area contributed by atoms with E-state index in [1.807, 2.05) is 0 Å². The van der Waals surface area contributed by atoms with E-state index in [-0.39, 0.29) is 11.9 Å². The molecule has 1 aliphatic rings. The van der Waals surface area contributed by atoms with Crippen molar-refractivity contribution in [1.82, 2.24) is 4.98 Å². The lowest BCUT2D eigenvalue weighted by molar-refractivity contribution is -0.117. The lowest BCUT2D eigenvalue weighted by Gasteiger charge is -2.20. The minimum absolute atomic E-state index is 0.00828. The number of esters is 1. The summed E-state index contributed by atoms with van der Waals surface area (Å²) in [5.41, 5.74) is 0.603. The van der Waals surface area contributed by atoms with E-state index in [1.165, 1.54) is 30.6 Å². The zero-order valence-electron chi connectivity index (χ0n) is 12.6. The molecule has 0 atom stereocenters. The van der Waals surface area contributed by atoms with Gasteiger partial charge in [-0.05, 0) is 32.6 Å². The number of thiazole rings is 1. The summed E-state index contributed by atoms with van der Waals surface area (Å²) in [6.07, 6.45) is 6.56. The van der Waals surface area contributed by atoms with Gasteiger partial charge in [0.1, 0.15) is 4.88 Å². The van der Waals surface area contributed by atoms with E-state index in [1.54, 1.807) is 13.8 Å². The monoisotopic (exact) mass is 310 g/mol. The molecule has 1 aromatic rings. The zero-order valence-corrected chi connectivity index (χ0v) is 13.4. The van der Waals surface area contributed by atoms with Crippen molar-refractivity contribution in [3.8, 4) is 0 Å². The molecule has 1 amide bonds. The molecule has 1 heterocycles. The Balaban J connectivity index is 1.91. The molecule has 6 heteroatoms. The van der Waals surface area contributed by atoms with Crippen LogP contribution in [0.2, 0.25) is 0 Å². The summed E-state index contributed by atoms with van der Waals surface area (Å²) in [5.74, 6) is 0.107. The van der Waals surface area contributed by atoms with Gasteiger partial charge < -0.3 is 10.1 Å². The van der Waals surface area contributed by atoms with Crippen molar-refractivity contribution >= 4 is 28.3 Å². The largest absolute Gasteiger partial charge is 0.462 e. The number of carbonyl (C=O) groups is 2. The lowest BCUT2D eigenvalue weighted by atomic mass is 9.87. The number of aromatic nitrogens is 1. The van der Waals surface area contributed by atoms with Crippen LogP contribution in [0.25, 0.3) is 0 Å². The van der Waals surface area contributed by atoms with E-state index >= 15 is 0 Å². The Labute approximate surface area is 129 Å². The second kappa shape index (κ2) is 7.54. The third kappa shape index (κ3) is 4.52. The average molecular weight is 310 g/mol. The highest BCUT2D eigenvalue weighted by molar-refractivity contribution is 7.17. The number of aryl methyl sites for hydroxylation is 1. The van der Waals surface area contributed by atoms with Crippen molar-refractivity contribution in [2.45, 2.75) is 52.4 Å². The summed E-state index contributed by atoms with van der Waals surface area (Å²) in [6.45, 7) is 3.85. The summed E-state index contributed by atoms with van der Waals surface area (Å²) >= 11 is 1.18. The van der Waals surface area contributed by atoms with E-state index in [0.29, 0.717) is 34.6 Å². The van der Waals surface area contributed by atoms with Gasteiger partial charge in [0, 0.05) is 6.42 Å². The molecule has 21 heavy (non-hydrogen) atoms. The van der Waals surface area contributed by atoms with Gasteiger partial charge in [0.05, 0.1) is 12.3 Å². The number of amides is 1. The van der Waals surface area contributed by atoms with Crippen LogP contribution in [0.3, 0.4) is 0 Å². The van der Waals surface area contributed by atoms with Gasteiger partial charge in [-0.15, -0.1) is 0 Å². The molecular weight excluding hydrogens is 288 g/mol. The van der Waals surface area contributed by atoms with Crippen LogP contribution in [0.5, 0.6) is 0 Å². The molecule has 0 saturated heterocycles. The quantitative estimate of drug-likeness (QED) is 0.845. The van der Waals surface area contributed by atoms with Crippen molar-refractivity contribution in [3.05, 3.63) is 10.6 Å². The predicted molar refractivity (Wildman–Crippen MR) is 82.6 cm³/mol.